The fraction of sp³-hybridized carbons (Fsp3) is 0.429. The van der Waals surface area contributed by atoms with Crippen LogP contribution in [0.1, 0.15) is 76.1 Å². The topological polar surface area (TPSA) is 184 Å². The number of likely N-dealkylation sites (tertiary alicyclic amines) is 2. The van der Waals surface area contributed by atoms with Gasteiger partial charge in [0, 0.05) is 18.2 Å². The molecule has 4 amide bonds. The SMILES string of the molecule is C=C(COC(F)F)C(NC(=O)OC)C(=O)N1C2CCC(C2)C1c1ncc(-c2ccc(-c3ccc4cc(-c5cnc(C6CC7(CC7)CN6C(=O)C(NC(=O)OC)C(C)C)[nH]5)ccc4c3)cc2)[nH]1. The Morgan fingerprint density at radius 3 is 2.09 bits per heavy atom. The van der Waals surface area contributed by atoms with Crippen LogP contribution in [0.4, 0.5) is 18.4 Å². The van der Waals surface area contributed by atoms with Gasteiger partial charge in [0.15, 0.2) is 0 Å². The Kier molecular flexibility index (Phi) is 12.1. The van der Waals surface area contributed by atoms with Gasteiger partial charge in [0.2, 0.25) is 5.91 Å². The van der Waals surface area contributed by atoms with Crippen LogP contribution in [0.5, 0.6) is 0 Å². The molecule has 5 aromatic rings. The number of nitrogens with one attached hydrogen (secondary N) is 4. The lowest BCUT2D eigenvalue weighted by Crippen LogP contribution is -2.53. The lowest BCUT2D eigenvalue weighted by molar-refractivity contribution is -0.139. The highest BCUT2D eigenvalue weighted by Crippen LogP contribution is 2.58. The molecule has 4 N–H and O–H groups in total. The molecule has 6 unspecified atom stereocenters. The molecule has 0 radical (unpaired) electrons. The van der Waals surface area contributed by atoms with Gasteiger partial charge in [-0.25, -0.2) is 19.6 Å². The van der Waals surface area contributed by atoms with Gasteiger partial charge in [-0.2, -0.15) is 8.78 Å². The number of aromatic amines is 2. The van der Waals surface area contributed by atoms with E-state index in [9.17, 15) is 28.0 Å². The van der Waals surface area contributed by atoms with Crippen LogP contribution in [0, 0.1) is 17.3 Å². The maximum Gasteiger partial charge on any atom is 0.407 e. The van der Waals surface area contributed by atoms with Crippen molar-refractivity contribution in [2.45, 2.75) is 89.2 Å². The summed E-state index contributed by atoms with van der Waals surface area (Å²) < 4.78 is 39.7. The smallest absolute Gasteiger partial charge is 0.407 e. The minimum Gasteiger partial charge on any atom is -0.453 e. The summed E-state index contributed by atoms with van der Waals surface area (Å²) in [4.78, 5) is 72.5. The van der Waals surface area contributed by atoms with Gasteiger partial charge in [-0.3, -0.25) is 9.59 Å². The number of alkyl carbamates (subject to hydrolysis) is 2. The number of halogens is 2. The highest BCUT2D eigenvalue weighted by molar-refractivity contribution is 5.91. The number of ether oxygens (including phenoxy) is 3. The Balaban J connectivity index is 0.889. The number of benzene rings is 3. The molecule has 2 aliphatic heterocycles. The Bertz CT molecular complexity index is 2660. The van der Waals surface area contributed by atoms with E-state index in [0.717, 1.165) is 95.9 Å². The molecule has 4 aliphatic rings. The summed E-state index contributed by atoms with van der Waals surface area (Å²) >= 11 is 0. The van der Waals surface area contributed by atoms with Gasteiger partial charge in [-0.15, -0.1) is 0 Å². The van der Waals surface area contributed by atoms with Gasteiger partial charge in [0.1, 0.15) is 23.7 Å². The monoisotopic (exact) mass is 904 g/mol. The summed E-state index contributed by atoms with van der Waals surface area (Å²) in [6.07, 6.45) is 7.44. The summed E-state index contributed by atoms with van der Waals surface area (Å²) in [7, 11) is 2.45. The van der Waals surface area contributed by atoms with Crippen molar-refractivity contribution in [3.05, 3.63) is 96.9 Å². The average molecular weight is 905 g/mol. The zero-order chi connectivity index (χ0) is 46.4. The minimum atomic E-state index is -3.07. The first-order chi connectivity index (χ1) is 31.7. The molecule has 2 aliphatic carbocycles. The van der Waals surface area contributed by atoms with Gasteiger partial charge in [0.05, 0.1) is 56.7 Å². The fourth-order valence-electron chi connectivity index (χ4n) is 10.2. The van der Waals surface area contributed by atoms with Crippen molar-refractivity contribution in [1.29, 1.82) is 0 Å². The number of imidazole rings is 2. The lowest BCUT2D eigenvalue weighted by Gasteiger charge is -2.37. The maximum absolute atomic E-state index is 14.1. The quantitative estimate of drug-likeness (QED) is 0.0797. The summed E-state index contributed by atoms with van der Waals surface area (Å²) in [5, 5.41) is 7.33. The molecule has 4 fully saturated rings. The number of rotatable bonds is 14. The third kappa shape index (κ3) is 8.75. The number of amides is 4. The highest BCUT2D eigenvalue weighted by atomic mass is 19.3. The van der Waals surface area contributed by atoms with Crippen LogP contribution in [-0.4, -0.2) is 106 Å². The van der Waals surface area contributed by atoms with E-state index in [0.29, 0.717) is 12.4 Å². The zero-order valence-electron chi connectivity index (χ0n) is 37.3. The van der Waals surface area contributed by atoms with E-state index in [1.807, 2.05) is 37.1 Å². The molecule has 2 saturated carbocycles. The van der Waals surface area contributed by atoms with Crippen LogP contribution in [-0.2, 0) is 23.8 Å². The van der Waals surface area contributed by atoms with Crippen molar-refractivity contribution in [3.8, 4) is 33.6 Å². The molecule has 6 atom stereocenters. The second kappa shape index (κ2) is 18.0. The van der Waals surface area contributed by atoms with Gasteiger partial charge < -0.3 is 44.6 Å². The minimum absolute atomic E-state index is 0.0186. The molecular formula is C49H54F2N8O7. The molecule has 2 aromatic heterocycles. The standard InChI is InChI=1S/C49H54F2N8O7/c1-26(2)39(56-47(62)64-4)44(60)58-25-49(16-17-49)21-38(58)42-52-23-37(54-42)33-13-12-31-18-30(10-11-32(31)19-33)28-6-8-29(9-7-28)36-22-53-43(55-36)41-34-14-15-35(20-34)59(41)45(61)40(57-48(63)65-5)27(3)24-66-46(50)51/h6-13,18-19,22-23,26,34-35,38-41,46H,3,14-17,20-21,24-25H2,1-2,4-5H3,(H,52,54)(H,53,55)(H,56,62)(H,57,63). The summed E-state index contributed by atoms with van der Waals surface area (Å²) in [6.45, 7) is 4.56. The van der Waals surface area contributed by atoms with Crippen molar-refractivity contribution in [2.75, 3.05) is 27.4 Å². The molecule has 346 valence electrons. The summed E-state index contributed by atoms with van der Waals surface area (Å²) in [6, 6.07) is 18.0. The third-order valence-electron chi connectivity index (χ3n) is 13.9. The van der Waals surface area contributed by atoms with E-state index < -0.39 is 49.4 Å². The Hall–Kier alpha value is -6.62. The summed E-state index contributed by atoms with van der Waals surface area (Å²) in [5.41, 5.74) is 5.66. The van der Waals surface area contributed by atoms with Crippen LogP contribution in [0.2, 0.25) is 0 Å². The second-order valence-electron chi connectivity index (χ2n) is 18.5. The van der Waals surface area contributed by atoms with Crippen molar-refractivity contribution in [1.82, 2.24) is 40.4 Å². The lowest BCUT2D eigenvalue weighted by atomic mass is 9.96. The Morgan fingerprint density at radius 1 is 0.818 bits per heavy atom. The number of hydrogen-bond donors (Lipinski definition) is 4. The van der Waals surface area contributed by atoms with Gasteiger partial charge in [-0.05, 0) is 101 Å². The first kappa shape index (κ1) is 44.6. The van der Waals surface area contributed by atoms with Crippen molar-refractivity contribution in [2.24, 2.45) is 17.3 Å². The van der Waals surface area contributed by atoms with Crippen LogP contribution in [0.25, 0.3) is 44.4 Å². The van der Waals surface area contributed by atoms with E-state index in [-0.39, 0.29) is 40.8 Å². The number of carbonyl (C=O) groups excluding carboxylic acids is 4. The number of methoxy groups -OCH3 is 2. The van der Waals surface area contributed by atoms with Gasteiger partial charge in [-0.1, -0.05) is 69.0 Å². The molecule has 4 heterocycles. The van der Waals surface area contributed by atoms with Crippen LogP contribution in [0.15, 0.2) is 85.2 Å². The van der Waals surface area contributed by atoms with Crippen molar-refractivity contribution in [3.63, 3.8) is 0 Å². The first-order valence-electron chi connectivity index (χ1n) is 22.4. The van der Waals surface area contributed by atoms with E-state index in [4.69, 9.17) is 19.4 Å². The molecule has 1 spiro atoms. The third-order valence-corrected chi connectivity index (χ3v) is 13.9. The number of H-pyrrole nitrogens is 2. The predicted molar refractivity (Wildman–Crippen MR) is 241 cm³/mol. The number of alkyl halides is 2. The second-order valence-corrected chi connectivity index (χ2v) is 18.5. The number of aromatic nitrogens is 4. The van der Waals surface area contributed by atoms with Crippen molar-refractivity contribution >= 4 is 34.8 Å². The van der Waals surface area contributed by atoms with E-state index in [1.165, 1.54) is 7.11 Å². The maximum atomic E-state index is 14.1. The molecular weight excluding hydrogens is 851 g/mol. The van der Waals surface area contributed by atoms with Crippen molar-refractivity contribution < 1.29 is 42.2 Å². The molecule has 15 nitrogen and oxygen atoms in total. The number of fused-ring (bicyclic) bond motifs is 3. The molecule has 66 heavy (non-hydrogen) atoms. The van der Waals surface area contributed by atoms with Crippen LogP contribution >= 0.6 is 0 Å². The number of nitrogens with zero attached hydrogens (tertiary/aromatic N) is 4. The van der Waals surface area contributed by atoms with Gasteiger partial charge >= 0.3 is 18.8 Å². The van der Waals surface area contributed by atoms with Crippen LogP contribution in [0.3, 0.4) is 0 Å². The molecule has 2 saturated heterocycles. The largest absolute Gasteiger partial charge is 0.453 e. The molecule has 9 rings (SSSR count). The normalized spacial score (nSPS) is 21.4. The zero-order valence-corrected chi connectivity index (χ0v) is 37.3. The predicted octanol–water partition coefficient (Wildman–Crippen LogP) is 8.29. The Morgan fingerprint density at radius 2 is 1.42 bits per heavy atom. The van der Waals surface area contributed by atoms with E-state index in [1.54, 1.807) is 11.1 Å². The average Bonchev–Trinajstić information content (AvgIpc) is 3.96. The van der Waals surface area contributed by atoms with Crippen LogP contribution < -0.4 is 10.6 Å². The fourth-order valence-corrected chi connectivity index (χ4v) is 10.2. The molecule has 3 aromatic carbocycles. The number of hydrogen-bond acceptors (Lipinski definition) is 9. The first-order valence-corrected chi connectivity index (χ1v) is 22.4. The summed E-state index contributed by atoms with van der Waals surface area (Å²) in [5.74, 6) is 0.734. The molecule has 17 heteroatoms. The Labute approximate surface area is 380 Å². The van der Waals surface area contributed by atoms with E-state index in [2.05, 4.69) is 80.4 Å². The number of carbonyl (C=O) groups is 4. The number of piperidine rings is 1. The molecule has 2 bridgehead atoms. The van der Waals surface area contributed by atoms with Gasteiger partial charge in [0.25, 0.3) is 5.91 Å². The highest BCUT2D eigenvalue weighted by Gasteiger charge is 2.55. The van der Waals surface area contributed by atoms with E-state index >= 15 is 0 Å².